The lowest BCUT2D eigenvalue weighted by atomic mass is 9.95. The lowest BCUT2D eigenvalue weighted by Gasteiger charge is -2.25. The second kappa shape index (κ2) is 8.60. The Morgan fingerprint density at radius 2 is 2.00 bits per heavy atom. The molecule has 2 rings (SSSR count). The maximum absolute atomic E-state index is 12.1. The van der Waals surface area contributed by atoms with Crippen LogP contribution >= 0.6 is 0 Å². The molecule has 0 aromatic carbocycles. The smallest absolute Gasteiger partial charge is 0.278 e. The molecule has 0 aromatic heterocycles. The first kappa shape index (κ1) is 15.7. The van der Waals surface area contributed by atoms with Crippen molar-refractivity contribution in [3.63, 3.8) is 0 Å². The van der Waals surface area contributed by atoms with E-state index in [1.165, 1.54) is 19.3 Å². The number of amides is 1. The van der Waals surface area contributed by atoms with E-state index < -0.39 is 0 Å². The zero-order valence-corrected chi connectivity index (χ0v) is 12.8. The van der Waals surface area contributed by atoms with Crippen LogP contribution in [0.4, 0.5) is 0 Å². The number of quaternary nitrogens is 2. The van der Waals surface area contributed by atoms with Crippen molar-refractivity contribution in [3.05, 3.63) is 0 Å². The summed E-state index contributed by atoms with van der Waals surface area (Å²) in [6.45, 7) is 8.15. The molecule has 1 amide bonds. The number of hydrogen-bond donors (Lipinski definition) is 3. The van der Waals surface area contributed by atoms with E-state index in [2.05, 4.69) is 10.6 Å². The maximum Gasteiger partial charge on any atom is 0.278 e. The highest BCUT2D eigenvalue weighted by atomic mass is 16.5. The minimum Gasteiger partial charge on any atom is -0.370 e. The number of carbonyl (C=O) groups is 1. The average molecular weight is 285 g/mol. The Kier molecular flexibility index (Phi) is 6.76. The van der Waals surface area contributed by atoms with Crippen molar-refractivity contribution in [2.75, 3.05) is 39.4 Å². The van der Waals surface area contributed by atoms with Crippen molar-refractivity contribution in [3.8, 4) is 0 Å². The molecule has 5 heteroatoms. The summed E-state index contributed by atoms with van der Waals surface area (Å²) in [5.74, 6) is 0.217. The van der Waals surface area contributed by atoms with Crippen LogP contribution in [0.5, 0.6) is 0 Å². The summed E-state index contributed by atoms with van der Waals surface area (Å²) in [7, 11) is 0. The Bertz CT molecular complexity index is 287. The predicted molar refractivity (Wildman–Crippen MR) is 77.7 cm³/mol. The lowest BCUT2D eigenvalue weighted by Crippen LogP contribution is -3.16. The first-order chi connectivity index (χ1) is 9.75. The minimum absolute atomic E-state index is 0.0392. The molecule has 1 saturated carbocycles. The van der Waals surface area contributed by atoms with Gasteiger partial charge in [0.15, 0.2) is 6.04 Å². The molecule has 5 nitrogen and oxygen atoms in total. The van der Waals surface area contributed by atoms with Crippen LogP contribution in [-0.2, 0) is 9.53 Å². The third kappa shape index (κ3) is 5.38. The van der Waals surface area contributed by atoms with Crippen LogP contribution in [0.2, 0.25) is 0 Å². The third-order valence-corrected chi connectivity index (χ3v) is 4.58. The van der Waals surface area contributed by atoms with E-state index in [0.29, 0.717) is 6.04 Å². The number of ether oxygens (including phenoxy) is 1. The van der Waals surface area contributed by atoms with E-state index >= 15 is 0 Å². The van der Waals surface area contributed by atoms with Crippen LogP contribution in [0, 0.1) is 0 Å². The van der Waals surface area contributed by atoms with Gasteiger partial charge < -0.3 is 20.3 Å². The van der Waals surface area contributed by atoms with E-state index in [1.807, 2.05) is 6.92 Å². The molecule has 116 valence electrons. The normalized spacial score (nSPS) is 23.4. The average Bonchev–Trinajstić information content (AvgIpc) is 2.49. The Balaban J connectivity index is 1.58. The number of hydrogen-bond acceptors (Lipinski definition) is 2. The molecule has 0 spiro atoms. The fourth-order valence-corrected chi connectivity index (χ4v) is 3.13. The largest absolute Gasteiger partial charge is 0.370 e. The molecule has 1 saturated heterocycles. The maximum atomic E-state index is 12.1. The van der Waals surface area contributed by atoms with E-state index in [0.717, 1.165) is 52.2 Å². The second-order valence-corrected chi connectivity index (χ2v) is 6.27. The molecule has 0 aromatic rings. The number of carbonyl (C=O) groups excluding carboxylic acids is 1. The summed E-state index contributed by atoms with van der Waals surface area (Å²) >= 11 is 0. The molecule has 4 N–H and O–H groups in total. The predicted octanol–water partition coefficient (Wildman–Crippen LogP) is -1.70. The number of nitrogens with one attached hydrogen (secondary N) is 2. The van der Waals surface area contributed by atoms with Gasteiger partial charge in [-0.2, -0.15) is 0 Å². The number of nitrogens with two attached hydrogens (primary N) is 1. The topological polar surface area (TPSA) is 59.4 Å². The SMILES string of the molecule is C[C@H]([NH2+]CC[NH+]1CCOCC1)C(=O)NC1CCCCC1. The minimum atomic E-state index is 0.0392. The van der Waals surface area contributed by atoms with Gasteiger partial charge in [-0.1, -0.05) is 19.3 Å². The molecule has 0 radical (unpaired) electrons. The summed E-state index contributed by atoms with van der Waals surface area (Å²) < 4.78 is 5.35. The summed E-state index contributed by atoms with van der Waals surface area (Å²) in [6.07, 6.45) is 6.19. The van der Waals surface area contributed by atoms with Crippen molar-refractivity contribution in [2.24, 2.45) is 0 Å². The summed E-state index contributed by atoms with van der Waals surface area (Å²) in [5.41, 5.74) is 0. The molecule has 1 aliphatic carbocycles. The Labute approximate surface area is 122 Å². The van der Waals surface area contributed by atoms with E-state index in [4.69, 9.17) is 4.74 Å². The van der Waals surface area contributed by atoms with Gasteiger partial charge in [-0.25, -0.2) is 0 Å². The molecule has 0 bridgehead atoms. The fraction of sp³-hybridized carbons (Fsp3) is 0.933. The van der Waals surface area contributed by atoms with Gasteiger partial charge in [-0.15, -0.1) is 0 Å². The van der Waals surface area contributed by atoms with Gasteiger partial charge in [0.2, 0.25) is 0 Å². The Morgan fingerprint density at radius 1 is 1.30 bits per heavy atom. The molecule has 1 atom stereocenters. The molecule has 1 aliphatic heterocycles. The number of rotatable bonds is 6. The van der Waals surface area contributed by atoms with Crippen molar-refractivity contribution >= 4 is 5.91 Å². The van der Waals surface area contributed by atoms with Crippen molar-refractivity contribution in [1.82, 2.24) is 5.32 Å². The van der Waals surface area contributed by atoms with Crippen LogP contribution in [-0.4, -0.2) is 57.4 Å². The quantitative estimate of drug-likeness (QED) is 0.545. The van der Waals surface area contributed by atoms with Crippen LogP contribution in [0.3, 0.4) is 0 Å². The molecule has 0 unspecified atom stereocenters. The standard InChI is InChI=1S/C15H29N3O2/c1-13(15(19)17-14-5-3-2-4-6-14)16-7-8-18-9-11-20-12-10-18/h13-14,16H,2-12H2,1H3,(H,17,19)/p+2/t13-/m0/s1. The summed E-state index contributed by atoms with van der Waals surface area (Å²) in [5, 5.41) is 5.39. The van der Waals surface area contributed by atoms with Gasteiger partial charge in [-0.05, 0) is 19.8 Å². The molecule has 20 heavy (non-hydrogen) atoms. The second-order valence-electron chi connectivity index (χ2n) is 6.27. The van der Waals surface area contributed by atoms with E-state index in [9.17, 15) is 4.79 Å². The summed E-state index contributed by atoms with van der Waals surface area (Å²) in [6, 6.07) is 0.467. The van der Waals surface area contributed by atoms with Crippen LogP contribution in [0.1, 0.15) is 39.0 Å². The highest BCUT2D eigenvalue weighted by molar-refractivity contribution is 5.80. The Hall–Kier alpha value is -0.650. The molecular formula is C15H31N3O2+2. The van der Waals surface area contributed by atoms with Crippen LogP contribution in [0.15, 0.2) is 0 Å². The van der Waals surface area contributed by atoms with Crippen LogP contribution < -0.4 is 15.5 Å². The molecule has 2 aliphatic rings. The third-order valence-electron chi connectivity index (χ3n) is 4.58. The Morgan fingerprint density at radius 3 is 2.70 bits per heavy atom. The van der Waals surface area contributed by atoms with Gasteiger partial charge in [0.25, 0.3) is 5.91 Å². The van der Waals surface area contributed by atoms with Crippen molar-refractivity contribution in [2.45, 2.75) is 51.1 Å². The fourth-order valence-electron chi connectivity index (χ4n) is 3.13. The number of morpholine rings is 1. The first-order valence-corrected chi connectivity index (χ1v) is 8.30. The first-order valence-electron chi connectivity index (χ1n) is 8.30. The van der Waals surface area contributed by atoms with Gasteiger partial charge in [-0.3, -0.25) is 4.79 Å². The van der Waals surface area contributed by atoms with Crippen molar-refractivity contribution in [1.29, 1.82) is 0 Å². The monoisotopic (exact) mass is 285 g/mol. The highest BCUT2D eigenvalue weighted by Crippen LogP contribution is 2.17. The zero-order valence-electron chi connectivity index (χ0n) is 12.8. The highest BCUT2D eigenvalue weighted by Gasteiger charge is 2.22. The summed E-state index contributed by atoms with van der Waals surface area (Å²) in [4.78, 5) is 13.7. The molecular weight excluding hydrogens is 254 g/mol. The van der Waals surface area contributed by atoms with Gasteiger partial charge >= 0.3 is 0 Å². The zero-order chi connectivity index (χ0) is 14.2. The van der Waals surface area contributed by atoms with E-state index in [1.54, 1.807) is 4.90 Å². The molecule has 1 heterocycles. The van der Waals surface area contributed by atoms with Gasteiger partial charge in [0, 0.05) is 6.04 Å². The molecule has 2 fully saturated rings. The van der Waals surface area contributed by atoms with Gasteiger partial charge in [0.05, 0.1) is 13.2 Å². The van der Waals surface area contributed by atoms with Crippen molar-refractivity contribution < 1.29 is 19.7 Å². The lowest BCUT2D eigenvalue weighted by molar-refractivity contribution is -0.920. The van der Waals surface area contributed by atoms with E-state index in [-0.39, 0.29) is 11.9 Å². The van der Waals surface area contributed by atoms with Crippen LogP contribution in [0.25, 0.3) is 0 Å². The van der Waals surface area contributed by atoms with Gasteiger partial charge in [0.1, 0.15) is 26.2 Å².